The molecule has 2 heterocycles. The predicted octanol–water partition coefficient (Wildman–Crippen LogP) is 2.96. The zero-order valence-electron chi connectivity index (χ0n) is 12.5. The number of hydrogen-bond acceptors (Lipinski definition) is 5. The molecule has 0 radical (unpaired) electrons. The van der Waals surface area contributed by atoms with Crippen molar-refractivity contribution in [2.24, 2.45) is 0 Å². The molecular weight excluding hydrogens is 272 g/mol. The molecule has 0 aliphatic carbocycles. The Morgan fingerprint density at radius 3 is 2.85 bits per heavy atom. The number of aryl methyl sites for hydroxylation is 1. The molecule has 0 spiro atoms. The summed E-state index contributed by atoms with van der Waals surface area (Å²) >= 11 is 1.76. The molecule has 1 N–H and O–H groups in total. The third-order valence-corrected chi connectivity index (χ3v) is 4.47. The van der Waals surface area contributed by atoms with Gasteiger partial charge in [0.2, 0.25) is 5.95 Å². The highest BCUT2D eigenvalue weighted by Gasteiger charge is 2.16. The van der Waals surface area contributed by atoms with Crippen LogP contribution in [0.4, 0.5) is 5.95 Å². The van der Waals surface area contributed by atoms with E-state index in [1.807, 2.05) is 18.6 Å². The van der Waals surface area contributed by atoms with Gasteiger partial charge in [0.05, 0.1) is 12.6 Å². The lowest BCUT2D eigenvalue weighted by atomic mass is 10.3. The molecule has 2 unspecified atom stereocenters. The molecule has 2 aromatic heterocycles. The monoisotopic (exact) mass is 294 g/mol. The molecule has 6 heteroatoms. The maximum atomic E-state index is 5.15. The lowest BCUT2D eigenvalue weighted by Gasteiger charge is -2.18. The van der Waals surface area contributed by atoms with E-state index in [2.05, 4.69) is 40.6 Å². The van der Waals surface area contributed by atoms with Crippen LogP contribution < -0.4 is 5.32 Å². The molecule has 0 bridgehead atoms. The number of nitrogens with zero attached hydrogens (tertiary/aromatic N) is 3. The number of methoxy groups -OCH3 is 1. The molecule has 5 nitrogen and oxygen atoms in total. The fraction of sp³-hybridized carbons (Fsp3) is 0.571. The van der Waals surface area contributed by atoms with Gasteiger partial charge in [-0.05, 0) is 20.3 Å². The van der Waals surface area contributed by atoms with Crippen LogP contribution in [-0.2, 0) is 11.2 Å². The van der Waals surface area contributed by atoms with Crippen molar-refractivity contribution in [1.29, 1.82) is 0 Å². The first-order valence-corrected chi connectivity index (χ1v) is 7.70. The first-order valence-electron chi connectivity index (χ1n) is 6.88. The molecule has 0 aliphatic heterocycles. The second-order valence-electron chi connectivity index (χ2n) is 4.85. The zero-order chi connectivity index (χ0) is 14.5. The van der Waals surface area contributed by atoms with Gasteiger partial charge in [-0.2, -0.15) is 0 Å². The van der Waals surface area contributed by atoms with Gasteiger partial charge >= 0.3 is 0 Å². The van der Waals surface area contributed by atoms with Gasteiger partial charge in [0.15, 0.2) is 0 Å². The van der Waals surface area contributed by atoms with Crippen molar-refractivity contribution in [3.05, 3.63) is 28.5 Å². The average Bonchev–Trinajstić information content (AvgIpc) is 3.06. The molecule has 110 valence electrons. The number of imidazole rings is 1. The second-order valence-corrected chi connectivity index (χ2v) is 6.00. The normalized spacial score (nSPS) is 14.2. The van der Waals surface area contributed by atoms with Gasteiger partial charge in [-0.1, -0.05) is 6.92 Å². The fourth-order valence-electron chi connectivity index (χ4n) is 2.05. The minimum atomic E-state index is 0.181. The van der Waals surface area contributed by atoms with E-state index in [-0.39, 0.29) is 12.1 Å². The molecule has 20 heavy (non-hydrogen) atoms. The highest BCUT2D eigenvalue weighted by Crippen LogP contribution is 2.26. The third kappa shape index (κ3) is 3.37. The van der Waals surface area contributed by atoms with Gasteiger partial charge in [-0.25, -0.2) is 9.97 Å². The number of ether oxygens (including phenoxy) is 1. The van der Waals surface area contributed by atoms with Crippen LogP contribution >= 0.6 is 11.3 Å². The predicted molar refractivity (Wildman–Crippen MR) is 82.5 cm³/mol. The highest BCUT2D eigenvalue weighted by molar-refractivity contribution is 7.11. The summed E-state index contributed by atoms with van der Waals surface area (Å²) in [6.45, 7) is 7.02. The van der Waals surface area contributed by atoms with E-state index < -0.39 is 0 Å². The topological polar surface area (TPSA) is 52.0 Å². The molecule has 2 atom stereocenters. The summed E-state index contributed by atoms with van der Waals surface area (Å²) < 4.78 is 7.26. The van der Waals surface area contributed by atoms with E-state index in [1.165, 1.54) is 4.88 Å². The van der Waals surface area contributed by atoms with Gasteiger partial charge in [-0.3, -0.25) is 0 Å². The minimum Gasteiger partial charge on any atom is -0.383 e. The molecule has 2 aromatic rings. The molecule has 0 amide bonds. The first kappa shape index (κ1) is 15.0. The van der Waals surface area contributed by atoms with E-state index in [1.54, 1.807) is 18.4 Å². The number of anilines is 1. The standard InChI is InChI=1S/C14H22N4OS/c1-5-12-8-16-13(20-12)11(3)18-7-6-15-14(18)17-10(2)9-19-4/h6-8,10-11H,5,9H2,1-4H3,(H,15,17). The molecule has 0 saturated carbocycles. The molecule has 0 aliphatic rings. The van der Waals surface area contributed by atoms with Crippen molar-refractivity contribution in [3.8, 4) is 0 Å². The average molecular weight is 294 g/mol. The number of aromatic nitrogens is 3. The Hall–Kier alpha value is -1.40. The molecule has 0 fully saturated rings. The van der Waals surface area contributed by atoms with Crippen molar-refractivity contribution >= 4 is 17.3 Å². The van der Waals surface area contributed by atoms with Crippen LogP contribution in [0.2, 0.25) is 0 Å². The summed E-state index contributed by atoms with van der Waals surface area (Å²) in [5, 5.41) is 4.48. The van der Waals surface area contributed by atoms with Crippen LogP contribution in [-0.4, -0.2) is 34.3 Å². The van der Waals surface area contributed by atoms with Crippen LogP contribution in [0.15, 0.2) is 18.6 Å². The van der Waals surface area contributed by atoms with E-state index in [0.29, 0.717) is 6.61 Å². The van der Waals surface area contributed by atoms with Crippen molar-refractivity contribution in [1.82, 2.24) is 14.5 Å². The van der Waals surface area contributed by atoms with Crippen molar-refractivity contribution in [3.63, 3.8) is 0 Å². The summed E-state index contributed by atoms with van der Waals surface area (Å²) in [4.78, 5) is 10.2. The quantitative estimate of drug-likeness (QED) is 0.853. The van der Waals surface area contributed by atoms with E-state index in [4.69, 9.17) is 4.74 Å². The van der Waals surface area contributed by atoms with Gasteiger partial charge in [0.25, 0.3) is 0 Å². The summed E-state index contributed by atoms with van der Waals surface area (Å²) in [6, 6.07) is 0.399. The van der Waals surface area contributed by atoms with E-state index >= 15 is 0 Å². The van der Waals surface area contributed by atoms with Gasteiger partial charge in [0.1, 0.15) is 5.01 Å². The Balaban J connectivity index is 2.14. The minimum absolute atomic E-state index is 0.181. The van der Waals surface area contributed by atoms with Gasteiger partial charge < -0.3 is 14.6 Å². The van der Waals surface area contributed by atoms with Crippen LogP contribution in [0.5, 0.6) is 0 Å². The Bertz CT molecular complexity index is 537. The van der Waals surface area contributed by atoms with Crippen LogP contribution in [0.3, 0.4) is 0 Å². The summed E-state index contributed by atoms with van der Waals surface area (Å²) in [6.07, 6.45) is 6.80. The maximum Gasteiger partial charge on any atom is 0.203 e. The smallest absolute Gasteiger partial charge is 0.203 e. The second kappa shape index (κ2) is 6.85. The molecule has 0 aromatic carbocycles. The summed E-state index contributed by atoms with van der Waals surface area (Å²) in [5.74, 6) is 0.857. The first-order chi connectivity index (χ1) is 9.65. The Labute approximate surface area is 124 Å². The third-order valence-electron chi connectivity index (χ3n) is 3.16. The van der Waals surface area contributed by atoms with Gasteiger partial charge in [0, 0.05) is 36.6 Å². The number of hydrogen-bond donors (Lipinski definition) is 1. The number of rotatable bonds is 7. The van der Waals surface area contributed by atoms with Crippen LogP contribution in [0.25, 0.3) is 0 Å². The zero-order valence-corrected chi connectivity index (χ0v) is 13.3. The maximum absolute atomic E-state index is 5.15. The lowest BCUT2D eigenvalue weighted by Crippen LogP contribution is -2.24. The summed E-state index contributed by atoms with van der Waals surface area (Å²) in [7, 11) is 1.70. The van der Waals surface area contributed by atoms with E-state index in [9.17, 15) is 0 Å². The SMILES string of the molecule is CCc1cnc(C(C)n2ccnc2NC(C)COC)s1. The molecular formula is C14H22N4OS. The Morgan fingerprint density at radius 2 is 2.20 bits per heavy atom. The molecule has 0 saturated heterocycles. The van der Waals surface area contributed by atoms with E-state index in [0.717, 1.165) is 17.4 Å². The van der Waals surface area contributed by atoms with Crippen molar-refractivity contribution in [2.75, 3.05) is 19.0 Å². The van der Waals surface area contributed by atoms with Gasteiger partial charge in [-0.15, -0.1) is 11.3 Å². The highest BCUT2D eigenvalue weighted by atomic mass is 32.1. The Morgan fingerprint density at radius 1 is 1.40 bits per heavy atom. The molecule has 2 rings (SSSR count). The van der Waals surface area contributed by atoms with Crippen LogP contribution in [0.1, 0.15) is 36.7 Å². The largest absolute Gasteiger partial charge is 0.383 e. The summed E-state index contributed by atoms with van der Waals surface area (Å²) in [5.41, 5.74) is 0. The van der Waals surface area contributed by atoms with Crippen molar-refractivity contribution in [2.45, 2.75) is 39.3 Å². The number of thiazole rings is 1. The Kier molecular flexibility index (Phi) is 5.14. The number of nitrogens with one attached hydrogen (secondary N) is 1. The fourth-order valence-corrected chi connectivity index (χ4v) is 2.96. The lowest BCUT2D eigenvalue weighted by molar-refractivity contribution is 0.190. The van der Waals surface area contributed by atoms with Crippen molar-refractivity contribution < 1.29 is 4.74 Å². The van der Waals surface area contributed by atoms with Crippen LogP contribution in [0, 0.1) is 0 Å².